The number of ether oxygens (including phenoxy) is 1. The lowest BCUT2D eigenvalue weighted by Gasteiger charge is -2.03. The van der Waals surface area contributed by atoms with Crippen LogP contribution < -0.4 is 4.74 Å². The summed E-state index contributed by atoms with van der Waals surface area (Å²) in [6.07, 6.45) is -1.43. The van der Waals surface area contributed by atoms with Crippen LogP contribution in [0.2, 0.25) is 0 Å². The van der Waals surface area contributed by atoms with E-state index in [4.69, 9.17) is 9.15 Å². The number of nitrogens with zero attached hydrogens (tertiary/aromatic N) is 4. The number of hydrogen-bond donors (Lipinski definition) is 0. The van der Waals surface area contributed by atoms with Gasteiger partial charge in [-0.2, -0.15) is 9.78 Å². The first-order valence-electron chi connectivity index (χ1n) is 7.94. The van der Waals surface area contributed by atoms with Crippen LogP contribution in [0.4, 0.5) is 8.78 Å². The Morgan fingerprint density at radius 3 is 2.74 bits per heavy atom. The largest absolute Gasteiger partial charge is 0.486 e. The molecule has 0 atom stereocenters. The fraction of sp³-hybridized carbons (Fsp3) is 0.235. The van der Waals surface area contributed by atoms with E-state index in [9.17, 15) is 8.78 Å². The van der Waals surface area contributed by atoms with Crippen molar-refractivity contribution in [2.24, 2.45) is 5.10 Å². The molecule has 6 nitrogen and oxygen atoms in total. The smallest absolute Gasteiger partial charge is 0.299 e. The molecule has 0 aliphatic carbocycles. The highest BCUT2D eigenvalue weighted by molar-refractivity contribution is 9.10. The molecular formula is C17H15BrF2N4O2S. The summed E-state index contributed by atoms with van der Waals surface area (Å²) in [7, 11) is 0. The van der Waals surface area contributed by atoms with E-state index in [1.54, 1.807) is 12.1 Å². The topological polar surface area (TPSA) is 65.4 Å². The van der Waals surface area contributed by atoms with Gasteiger partial charge in [0.15, 0.2) is 0 Å². The Labute approximate surface area is 166 Å². The van der Waals surface area contributed by atoms with Gasteiger partial charge in [-0.25, -0.2) is 8.78 Å². The minimum Gasteiger partial charge on any atom is -0.486 e. The van der Waals surface area contributed by atoms with Crippen molar-refractivity contribution in [3.63, 3.8) is 0 Å². The van der Waals surface area contributed by atoms with E-state index in [1.807, 2.05) is 31.2 Å². The maximum Gasteiger partial charge on any atom is 0.299 e. The Kier molecular flexibility index (Phi) is 6.62. The third-order valence-electron chi connectivity index (χ3n) is 3.28. The molecule has 0 amide bonds. The second-order valence-corrected chi connectivity index (χ2v) is 7.32. The van der Waals surface area contributed by atoms with Crippen LogP contribution in [0.15, 0.2) is 55.5 Å². The van der Waals surface area contributed by atoms with Gasteiger partial charge in [0.1, 0.15) is 23.9 Å². The van der Waals surface area contributed by atoms with E-state index in [2.05, 4.69) is 31.2 Å². The highest BCUT2D eigenvalue weighted by Gasteiger charge is 2.19. The van der Waals surface area contributed by atoms with Crippen LogP contribution >= 0.6 is 27.7 Å². The Morgan fingerprint density at radius 2 is 2.04 bits per heavy atom. The molecule has 0 aliphatic rings. The molecule has 0 bridgehead atoms. The van der Waals surface area contributed by atoms with Crippen LogP contribution in [-0.2, 0) is 6.61 Å². The maximum atomic E-state index is 13.0. The molecule has 2 aromatic heterocycles. The molecule has 0 radical (unpaired) electrons. The van der Waals surface area contributed by atoms with Crippen LogP contribution in [-0.4, -0.2) is 26.8 Å². The number of aromatic nitrogens is 3. The van der Waals surface area contributed by atoms with Crippen molar-refractivity contribution in [3.05, 3.63) is 58.2 Å². The molecule has 1 aromatic carbocycles. The average molecular weight is 457 g/mol. The zero-order valence-corrected chi connectivity index (χ0v) is 16.6. The van der Waals surface area contributed by atoms with E-state index in [-0.39, 0.29) is 6.61 Å². The van der Waals surface area contributed by atoms with Crippen LogP contribution in [0.1, 0.15) is 30.7 Å². The van der Waals surface area contributed by atoms with E-state index >= 15 is 0 Å². The van der Waals surface area contributed by atoms with E-state index in [1.165, 1.54) is 18.0 Å². The Balaban J connectivity index is 1.68. The highest BCUT2D eigenvalue weighted by atomic mass is 79.9. The predicted octanol–water partition coefficient (Wildman–Crippen LogP) is 5.14. The van der Waals surface area contributed by atoms with E-state index in [0.29, 0.717) is 28.2 Å². The summed E-state index contributed by atoms with van der Waals surface area (Å²) >= 11 is 4.63. The second kappa shape index (κ2) is 9.14. The molecule has 2 heterocycles. The molecule has 0 fully saturated rings. The lowest BCUT2D eigenvalue weighted by atomic mass is 10.3. The molecule has 0 unspecified atom stereocenters. The van der Waals surface area contributed by atoms with Crippen molar-refractivity contribution in [3.8, 4) is 5.75 Å². The molecule has 10 heteroatoms. The normalized spacial score (nSPS) is 11.6. The van der Waals surface area contributed by atoms with Crippen LogP contribution in [0.3, 0.4) is 0 Å². The zero-order valence-electron chi connectivity index (χ0n) is 14.2. The summed E-state index contributed by atoms with van der Waals surface area (Å²) in [5, 5.41) is 11.6. The van der Waals surface area contributed by atoms with Gasteiger partial charge < -0.3 is 9.15 Å². The van der Waals surface area contributed by atoms with Crippen molar-refractivity contribution < 1.29 is 17.9 Å². The summed E-state index contributed by atoms with van der Waals surface area (Å²) in [6.45, 7) is 2.13. The molecular weight excluding hydrogens is 442 g/mol. The Morgan fingerprint density at radius 1 is 1.26 bits per heavy atom. The van der Waals surface area contributed by atoms with Gasteiger partial charge in [-0.1, -0.05) is 34.6 Å². The first kappa shape index (κ1) is 19.6. The second-order valence-electron chi connectivity index (χ2n) is 5.18. The van der Waals surface area contributed by atoms with Gasteiger partial charge >= 0.3 is 0 Å². The monoisotopic (exact) mass is 456 g/mol. The number of benzene rings is 1. The van der Waals surface area contributed by atoms with Gasteiger partial charge in [0.05, 0.1) is 6.21 Å². The van der Waals surface area contributed by atoms with Crippen LogP contribution in [0.5, 0.6) is 5.75 Å². The van der Waals surface area contributed by atoms with Crippen LogP contribution in [0.25, 0.3) is 0 Å². The minimum atomic E-state index is -2.77. The van der Waals surface area contributed by atoms with Crippen molar-refractivity contribution in [2.75, 3.05) is 5.75 Å². The SMILES string of the molecule is CCSc1nnc(C(F)F)n1N=Cc1ccc(COc2ccc(Br)cc2)o1. The number of thioether (sulfide) groups is 1. The van der Waals surface area contributed by atoms with E-state index < -0.39 is 12.2 Å². The zero-order chi connectivity index (χ0) is 19.2. The van der Waals surface area contributed by atoms with Crippen molar-refractivity contribution in [1.82, 2.24) is 14.9 Å². The summed E-state index contributed by atoms with van der Waals surface area (Å²) in [6, 6.07) is 10.8. The highest BCUT2D eigenvalue weighted by Crippen LogP contribution is 2.23. The summed E-state index contributed by atoms with van der Waals surface area (Å²) < 4.78 is 39.3. The molecule has 3 rings (SSSR count). The summed E-state index contributed by atoms with van der Waals surface area (Å²) in [5.41, 5.74) is 0. The van der Waals surface area contributed by atoms with Crippen molar-refractivity contribution in [2.45, 2.75) is 25.1 Å². The molecule has 0 aliphatic heterocycles. The molecule has 0 N–H and O–H groups in total. The van der Waals surface area contributed by atoms with Gasteiger partial charge in [-0.15, -0.1) is 10.2 Å². The number of halogens is 3. The summed E-state index contributed by atoms with van der Waals surface area (Å²) in [5.74, 6) is 1.85. The molecule has 0 saturated carbocycles. The molecule has 3 aromatic rings. The van der Waals surface area contributed by atoms with Gasteiger partial charge in [0, 0.05) is 4.47 Å². The van der Waals surface area contributed by atoms with E-state index in [0.717, 1.165) is 9.15 Å². The third kappa shape index (κ3) is 5.16. The summed E-state index contributed by atoms with van der Waals surface area (Å²) in [4.78, 5) is 0. The third-order valence-corrected chi connectivity index (χ3v) is 4.61. The Hall–Kier alpha value is -2.20. The van der Waals surface area contributed by atoms with Gasteiger partial charge in [-0.05, 0) is 42.2 Å². The number of furan rings is 1. The first-order chi connectivity index (χ1) is 13.1. The minimum absolute atomic E-state index is 0.237. The fourth-order valence-corrected chi connectivity index (χ4v) is 2.97. The molecule has 0 spiro atoms. The van der Waals surface area contributed by atoms with Gasteiger partial charge in [0.25, 0.3) is 6.43 Å². The lowest BCUT2D eigenvalue weighted by Crippen LogP contribution is -2.00. The molecule has 27 heavy (non-hydrogen) atoms. The number of rotatable bonds is 8. The van der Waals surface area contributed by atoms with Crippen LogP contribution in [0, 0.1) is 0 Å². The lowest BCUT2D eigenvalue weighted by molar-refractivity contribution is 0.135. The maximum absolute atomic E-state index is 13.0. The molecule has 142 valence electrons. The predicted molar refractivity (Wildman–Crippen MR) is 102 cm³/mol. The quantitative estimate of drug-likeness (QED) is 0.346. The van der Waals surface area contributed by atoms with Crippen molar-refractivity contribution >= 4 is 33.9 Å². The van der Waals surface area contributed by atoms with Crippen molar-refractivity contribution in [1.29, 1.82) is 0 Å². The average Bonchev–Trinajstić information content (AvgIpc) is 3.26. The Bertz CT molecular complexity index is 912. The fourth-order valence-electron chi connectivity index (χ4n) is 2.08. The standard InChI is InChI=1S/C17H15BrF2N4O2S/c1-2-27-17-23-22-16(15(19)20)24(17)21-9-13-7-8-14(26-13)10-25-12-5-3-11(18)4-6-12/h3-9,15H,2,10H2,1H3. The molecule has 0 saturated heterocycles. The van der Waals surface area contributed by atoms with Gasteiger partial charge in [-0.3, -0.25) is 0 Å². The first-order valence-corrected chi connectivity index (χ1v) is 9.72. The number of alkyl halides is 2. The number of hydrogen-bond acceptors (Lipinski definition) is 6. The van der Waals surface area contributed by atoms with Gasteiger partial charge in [0.2, 0.25) is 11.0 Å².